The maximum absolute atomic E-state index is 6.24. The second-order valence-electron chi connectivity index (χ2n) is 5.38. The smallest absolute Gasteiger partial charge is 0.0193 e. The molecule has 1 aliphatic heterocycles. The van der Waals surface area contributed by atoms with E-state index in [1.54, 1.807) is 0 Å². The van der Waals surface area contributed by atoms with E-state index in [9.17, 15) is 0 Å². The van der Waals surface area contributed by atoms with Crippen LogP contribution in [0.1, 0.15) is 53.4 Å². The number of rotatable bonds is 4. The van der Waals surface area contributed by atoms with Gasteiger partial charge in [-0.1, -0.05) is 26.7 Å². The fourth-order valence-electron chi connectivity index (χ4n) is 2.56. The van der Waals surface area contributed by atoms with E-state index in [4.69, 9.17) is 5.73 Å². The van der Waals surface area contributed by atoms with Gasteiger partial charge in [-0.15, -0.1) is 0 Å². The molecule has 0 spiro atoms. The number of hydrogen-bond acceptors (Lipinski definition) is 2. The highest BCUT2D eigenvalue weighted by atomic mass is 15.2. The minimum Gasteiger partial charge on any atom is -0.326 e. The number of hydrogen-bond donors (Lipinski definition) is 1. The second-order valence-corrected chi connectivity index (χ2v) is 5.38. The van der Waals surface area contributed by atoms with Crippen LogP contribution in [-0.2, 0) is 0 Å². The molecule has 15 heavy (non-hydrogen) atoms. The van der Waals surface area contributed by atoms with Crippen LogP contribution in [0.25, 0.3) is 0 Å². The summed E-state index contributed by atoms with van der Waals surface area (Å²) >= 11 is 0. The molecule has 0 aromatic carbocycles. The lowest BCUT2D eigenvalue weighted by atomic mass is 9.94. The molecular formula is C13H28N2. The number of nitrogens with two attached hydrogens (primary N) is 1. The normalized spacial score (nSPS) is 32.6. The lowest BCUT2D eigenvalue weighted by Gasteiger charge is -2.41. The van der Waals surface area contributed by atoms with Crippen molar-refractivity contribution in [3.63, 3.8) is 0 Å². The highest BCUT2D eigenvalue weighted by molar-refractivity contribution is 4.83. The van der Waals surface area contributed by atoms with E-state index in [0.717, 1.165) is 18.6 Å². The number of nitrogens with zero attached hydrogens (tertiary/aromatic N) is 1. The van der Waals surface area contributed by atoms with Gasteiger partial charge in [-0.05, 0) is 32.6 Å². The van der Waals surface area contributed by atoms with Gasteiger partial charge in [0, 0.05) is 24.7 Å². The molecule has 0 aromatic heterocycles. The molecule has 1 rings (SSSR count). The average molecular weight is 212 g/mol. The van der Waals surface area contributed by atoms with Crippen molar-refractivity contribution in [2.75, 3.05) is 6.54 Å². The van der Waals surface area contributed by atoms with Crippen LogP contribution < -0.4 is 5.73 Å². The predicted octanol–water partition coefficient (Wildman–Crippen LogP) is 2.62. The van der Waals surface area contributed by atoms with Gasteiger partial charge in [0.1, 0.15) is 0 Å². The third-order valence-corrected chi connectivity index (χ3v) is 4.17. The lowest BCUT2D eigenvalue weighted by Crippen LogP contribution is -2.50. The highest BCUT2D eigenvalue weighted by Gasteiger charge is 2.26. The highest BCUT2D eigenvalue weighted by Crippen LogP contribution is 2.23. The van der Waals surface area contributed by atoms with Gasteiger partial charge in [-0.3, -0.25) is 4.90 Å². The van der Waals surface area contributed by atoms with E-state index >= 15 is 0 Å². The Labute approximate surface area is 95.2 Å². The second kappa shape index (κ2) is 5.86. The first-order valence-electron chi connectivity index (χ1n) is 6.57. The summed E-state index contributed by atoms with van der Waals surface area (Å²) in [6.45, 7) is 10.3. The van der Waals surface area contributed by atoms with Crippen LogP contribution in [0.2, 0.25) is 0 Å². The van der Waals surface area contributed by atoms with Gasteiger partial charge < -0.3 is 5.73 Å². The van der Waals surface area contributed by atoms with Gasteiger partial charge >= 0.3 is 0 Å². The van der Waals surface area contributed by atoms with Crippen molar-refractivity contribution in [2.24, 2.45) is 11.7 Å². The molecule has 0 amide bonds. The molecular weight excluding hydrogens is 184 g/mol. The molecule has 0 radical (unpaired) electrons. The van der Waals surface area contributed by atoms with E-state index in [-0.39, 0.29) is 0 Å². The van der Waals surface area contributed by atoms with E-state index in [1.165, 1.54) is 25.7 Å². The van der Waals surface area contributed by atoms with E-state index in [2.05, 4.69) is 32.6 Å². The van der Waals surface area contributed by atoms with Gasteiger partial charge in [0.2, 0.25) is 0 Å². The number of likely N-dealkylation sites (tertiary alicyclic amines) is 1. The molecule has 1 aliphatic rings. The zero-order valence-electron chi connectivity index (χ0n) is 10.9. The molecule has 4 atom stereocenters. The molecule has 2 N–H and O–H groups in total. The first-order valence-corrected chi connectivity index (χ1v) is 6.57. The number of piperidine rings is 1. The Bertz CT molecular complexity index is 171. The van der Waals surface area contributed by atoms with E-state index in [0.29, 0.717) is 12.0 Å². The SMILES string of the molecule is CCC(C)C(N)CN1[C@H](C)CCC[C@@H]1C. The summed E-state index contributed by atoms with van der Waals surface area (Å²) in [4.78, 5) is 2.61. The van der Waals surface area contributed by atoms with Gasteiger partial charge in [-0.2, -0.15) is 0 Å². The minimum absolute atomic E-state index is 0.345. The molecule has 2 unspecified atom stereocenters. The molecule has 1 saturated heterocycles. The Kier molecular flexibility index (Phi) is 5.07. The third-order valence-electron chi connectivity index (χ3n) is 4.17. The zero-order chi connectivity index (χ0) is 11.4. The summed E-state index contributed by atoms with van der Waals surface area (Å²) in [7, 11) is 0. The molecule has 2 nitrogen and oxygen atoms in total. The van der Waals surface area contributed by atoms with E-state index < -0.39 is 0 Å². The lowest BCUT2D eigenvalue weighted by molar-refractivity contribution is 0.0885. The van der Waals surface area contributed by atoms with Crippen molar-refractivity contribution in [2.45, 2.75) is 71.5 Å². The topological polar surface area (TPSA) is 29.3 Å². The Balaban J connectivity index is 2.47. The Morgan fingerprint density at radius 3 is 2.27 bits per heavy atom. The third kappa shape index (κ3) is 3.46. The maximum Gasteiger partial charge on any atom is 0.0193 e. The van der Waals surface area contributed by atoms with Crippen molar-refractivity contribution < 1.29 is 0 Å². The molecule has 0 aliphatic carbocycles. The molecule has 1 fully saturated rings. The van der Waals surface area contributed by atoms with Crippen LogP contribution >= 0.6 is 0 Å². The molecule has 2 heteroatoms. The van der Waals surface area contributed by atoms with Gasteiger partial charge in [0.15, 0.2) is 0 Å². The average Bonchev–Trinajstić information content (AvgIpc) is 2.22. The van der Waals surface area contributed by atoms with Crippen molar-refractivity contribution in [3.05, 3.63) is 0 Å². The van der Waals surface area contributed by atoms with Gasteiger partial charge in [-0.25, -0.2) is 0 Å². The van der Waals surface area contributed by atoms with Crippen molar-refractivity contribution in [3.8, 4) is 0 Å². The fraction of sp³-hybridized carbons (Fsp3) is 1.00. The first kappa shape index (κ1) is 13.0. The quantitative estimate of drug-likeness (QED) is 0.776. The standard InChI is InChI=1S/C13H28N2/c1-5-10(2)13(14)9-15-11(3)7-6-8-12(15)4/h10-13H,5-9,14H2,1-4H3/t10?,11-,12+,13?. The molecule has 1 heterocycles. The van der Waals surface area contributed by atoms with Crippen LogP contribution in [-0.4, -0.2) is 29.6 Å². The van der Waals surface area contributed by atoms with Crippen LogP contribution in [0.3, 0.4) is 0 Å². The van der Waals surface area contributed by atoms with E-state index in [1.807, 2.05) is 0 Å². The van der Waals surface area contributed by atoms with Crippen LogP contribution in [0, 0.1) is 5.92 Å². The van der Waals surface area contributed by atoms with Gasteiger partial charge in [0.25, 0.3) is 0 Å². The Morgan fingerprint density at radius 1 is 1.27 bits per heavy atom. The fourth-order valence-corrected chi connectivity index (χ4v) is 2.56. The largest absolute Gasteiger partial charge is 0.326 e. The molecule has 90 valence electrons. The van der Waals surface area contributed by atoms with Crippen molar-refractivity contribution >= 4 is 0 Å². The summed E-state index contributed by atoms with van der Waals surface area (Å²) in [5, 5.41) is 0. The summed E-state index contributed by atoms with van der Waals surface area (Å²) in [5.74, 6) is 0.645. The zero-order valence-corrected chi connectivity index (χ0v) is 10.9. The summed E-state index contributed by atoms with van der Waals surface area (Å²) in [6, 6.07) is 1.80. The molecule has 0 aromatic rings. The Morgan fingerprint density at radius 2 is 1.80 bits per heavy atom. The summed E-state index contributed by atoms with van der Waals surface area (Å²) in [5.41, 5.74) is 6.24. The predicted molar refractivity (Wildman–Crippen MR) is 66.9 cm³/mol. The van der Waals surface area contributed by atoms with Crippen LogP contribution in [0.5, 0.6) is 0 Å². The minimum atomic E-state index is 0.345. The first-order chi connectivity index (χ1) is 7.06. The van der Waals surface area contributed by atoms with Crippen LogP contribution in [0.4, 0.5) is 0 Å². The summed E-state index contributed by atoms with van der Waals surface area (Å²) in [6.07, 6.45) is 5.27. The van der Waals surface area contributed by atoms with Crippen molar-refractivity contribution in [1.29, 1.82) is 0 Å². The monoisotopic (exact) mass is 212 g/mol. The van der Waals surface area contributed by atoms with Gasteiger partial charge in [0.05, 0.1) is 0 Å². The Hall–Kier alpha value is -0.0800. The van der Waals surface area contributed by atoms with Crippen LogP contribution in [0.15, 0.2) is 0 Å². The molecule has 0 saturated carbocycles. The summed E-state index contributed by atoms with van der Waals surface area (Å²) < 4.78 is 0. The maximum atomic E-state index is 6.24. The van der Waals surface area contributed by atoms with Crippen molar-refractivity contribution in [1.82, 2.24) is 4.90 Å². The molecule has 0 bridgehead atoms.